The highest BCUT2D eigenvalue weighted by molar-refractivity contribution is 6.30. The molecule has 0 aliphatic carbocycles. The molecular formula is C22H21ClN3O+. The molecule has 3 N–H and O–H groups in total. The molecule has 0 fully saturated rings. The number of para-hydroxylation sites is 2. The summed E-state index contributed by atoms with van der Waals surface area (Å²) in [5.41, 5.74) is 10.5. The van der Waals surface area contributed by atoms with Gasteiger partial charge in [-0.2, -0.15) is 0 Å². The molecule has 0 aliphatic heterocycles. The zero-order chi connectivity index (χ0) is 18.8. The van der Waals surface area contributed by atoms with Gasteiger partial charge >= 0.3 is 5.95 Å². The topological polar surface area (TPSA) is 55.1 Å². The van der Waals surface area contributed by atoms with Crippen molar-refractivity contribution in [3.63, 3.8) is 0 Å². The summed E-state index contributed by atoms with van der Waals surface area (Å²) in [6.45, 7) is 1.05. The number of aliphatic hydroxyl groups excluding tert-OH is 1. The molecule has 3 aromatic carbocycles. The molecule has 1 unspecified atom stereocenters. The Balaban J connectivity index is 1.72. The SMILES string of the molecule is Nc1n(CC(O)c2ccc(Cl)cc2)c2ccccc2[n+]1Cc1ccccc1. The molecule has 0 saturated heterocycles. The number of nitrogen functional groups attached to an aromatic ring is 1. The van der Waals surface area contributed by atoms with Gasteiger partial charge < -0.3 is 5.11 Å². The largest absolute Gasteiger partial charge is 0.385 e. The lowest BCUT2D eigenvalue weighted by molar-refractivity contribution is -0.648. The summed E-state index contributed by atoms with van der Waals surface area (Å²) in [5.74, 6) is 0.619. The van der Waals surface area contributed by atoms with E-state index in [4.69, 9.17) is 17.3 Å². The van der Waals surface area contributed by atoms with Crippen LogP contribution in [0.1, 0.15) is 17.2 Å². The van der Waals surface area contributed by atoms with Crippen LogP contribution in [0.5, 0.6) is 0 Å². The van der Waals surface area contributed by atoms with E-state index in [1.807, 2.05) is 53.1 Å². The Kier molecular flexibility index (Phi) is 4.84. The molecular weight excluding hydrogens is 358 g/mol. The number of hydrogen-bond acceptors (Lipinski definition) is 2. The molecule has 4 rings (SSSR count). The number of anilines is 1. The van der Waals surface area contributed by atoms with E-state index in [-0.39, 0.29) is 0 Å². The molecule has 27 heavy (non-hydrogen) atoms. The Morgan fingerprint density at radius 1 is 0.926 bits per heavy atom. The van der Waals surface area contributed by atoms with Gasteiger partial charge in [-0.3, -0.25) is 5.73 Å². The summed E-state index contributed by atoms with van der Waals surface area (Å²) in [6.07, 6.45) is -0.675. The summed E-state index contributed by atoms with van der Waals surface area (Å²) in [7, 11) is 0. The average Bonchev–Trinajstić information content (AvgIpc) is 2.95. The van der Waals surface area contributed by atoms with Crippen LogP contribution in [0, 0.1) is 0 Å². The second-order valence-electron chi connectivity index (χ2n) is 6.60. The van der Waals surface area contributed by atoms with E-state index in [0.717, 1.165) is 16.6 Å². The highest BCUT2D eigenvalue weighted by atomic mass is 35.5. The zero-order valence-corrected chi connectivity index (χ0v) is 15.6. The van der Waals surface area contributed by atoms with Crippen LogP contribution in [-0.4, -0.2) is 9.67 Å². The fourth-order valence-electron chi connectivity index (χ4n) is 3.40. The molecule has 136 valence electrons. The van der Waals surface area contributed by atoms with Gasteiger partial charge in [-0.25, -0.2) is 9.13 Å². The normalized spacial score (nSPS) is 12.4. The number of benzene rings is 3. The van der Waals surface area contributed by atoms with Crippen molar-refractivity contribution in [3.8, 4) is 0 Å². The molecule has 4 aromatic rings. The maximum Gasteiger partial charge on any atom is 0.356 e. The summed E-state index contributed by atoms with van der Waals surface area (Å²) >= 11 is 5.95. The van der Waals surface area contributed by atoms with Gasteiger partial charge in [0.2, 0.25) is 0 Å². The lowest BCUT2D eigenvalue weighted by Gasteiger charge is -2.11. The Hall–Kier alpha value is -2.82. The van der Waals surface area contributed by atoms with Crippen molar-refractivity contribution in [3.05, 3.63) is 95.0 Å². The fraction of sp³-hybridized carbons (Fsp3) is 0.136. The van der Waals surface area contributed by atoms with Crippen molar-refractivity contribution in [1.82, 2.24) is 4.57 Å². The molecule has 0 radical (unpaired) electrons. The monoisotopic (exact) mass is 378 g/mol. The van der Waals surface area contributed by atoms with Gasteiger partial charge in [0, 0.05) is 5.02 Å². The Labute approximate surface area is 163 Å². The second kappa shape index (κ2) is 7.43. The van der Waals surface area contributed by atoms with Crippen molar-refractivity contribution in [2.45, 2.75) is 19.2 Å². The number of nitrogens with zero attached hydrogens (tertiary/aromatic N) is 2. The van der Waals surface area contributed by atoms with Gasteiger partial charge in [0.05, 0.1) is 6.54 Å². The smallest absolute Gasteiger partial charge is 0.356 e. The number of hydrogen-bond donors (Lipinski definition) is 2. The predicted octanol–water partition coefficient (Wildman–Crippen LogP) is 3.95. The number of aromatic nitrogens is 2. The zero-order valence-electron chi connectivity index (χ0n) is 14.8. The molecule has 5 heteroatoms. The Morgan fingerprint density at radius 2 is 1.59 bits per heavy atom. The predicted molar refractivity (Wildman–Crippen MR) is 109 cm³/mol. The third kappa shape index (κ3) is 3.54. The van der Waals surface area contributed by atoms with Crippen molar-refractivity contribution in [2.24, 2.45) is 0 Å². The van der Waals surface area contributed by atoms with Crippen molar-refractivity contribution >= 4 is 28.6 Å². The molecule has 4 nitrogen and oxygen atoms in total. The van der Waals surface area contributed by atoms with E-state index < -0.39 is 6.10 Å². The summed E-state index contributed by atoms with van der Waals surface area (Å²) in [4.78, 5) is 0. The van der Waals surface area contributed by atoms with Crippen molar-refractivity contribution < 1.29 is 9.67 Å². The van der Waals surface area contributed by atoms with Gasteiger partial charge in [0.1, 0.15) is 23.7 Å². The van der Waals surface area contributed by atoms with E-state index in [0.29, 0.717) is 24.1 Å². The summed E-state index contributed by atoms with van der Waals surface area (Å²) in [6, 6.07) is 25.5. The molecule has 1 aromatic heterocycles. The summed E-state index contributed by atoms with van der Waals surface area (Å²) in [5, 5.41) is 11.4. The van der Waals surface area contributed by atoms with E-state index in [2.05, 4.69) is 22.8 Å². The number of halogens is 1. The van der Waals surface area contributed by atoms with E-state index in [1.54, 1.807) is 12.1 Å². The first-order valence-electron chi connectivity index (χ1n) is 8.87. The van der Waals surface area contributed by atoms with Crippen LogP contribution >= 0.6 is 11.6 Å². The van der Waals surface area contributed by atoms with Crippen LogP contribution in [0.4, 0.5) is 5.95 Å². The molecule has 1 atom stereocenters. The molecule has 0 spiro atoms. The van der Waals surface area contributed by atoms with Gasteiger partial charge in [-0.15, -0.1) is 0 Å². The average molecular weight is 379 g/mol. The van der Waals surface area contributed by atoms with Gasteiger partial charge in [-0.05, 0) is 35.4 Å². The maximum atomic E-state index is 10.7. The van der Waals surface area contributed by atoms with E-state index in [9.17, 15) is 5.11 Å². The fourth-order valence-corrected chi connectivity index (χ4v) is 3.53. The number of fused-ring (bicyclic) bond motifs is 1. The lowest BCUT2D eigenvalue weighted by atomic mass is 10.1. The first-order valence-corrected chi connectivity index (χ1v) is 9.25. The van der Waals surface area contributed by atoms with Gasteiger partial charge in [0.15, 0.2) is 0 Å². The maximum absolute atomic E-state index is 10.7. The van der Waals surface area contributed by atoms with Crippen LogP contribution in [0.15, 0.2) is 78.9 Å². The first-order chi connectivity index (χ1) is 13.1. The third-order valence-electron chi connectivity index (χ3n) is 4.81. The van der Waals surface area contributed by atoms with Crippen molar-refractivity contribution in [1.29, 1.82) is 0 Å². The van der Waals surface area contributed by atoms with Crippen LogP contribution < -0.4 is 10.3 Å². The molecule has 0 aliphatic rings. The van der Waals surface area contributed by atoms with Gasteiger partial charge in [0.25, 0.3) is 0 Å². The minimum Gasteiger partial charge on any atom is -0.385 e. The van der Waals surface area contributed by atoms with Crippen LogP contribution in [-0.2, 0) is 13.1 Å². The minimum absolute atomic E-state index is 0.371. The molecule has 0 bridgehead atoms. The lowest BCUT2D eigenvalue weighted by Crippen LogP contribution is -2.37. The number of nitrogens with two attached hydrogens (primary N) is 1. The number of rotatable bonds is 5. The minimum atomic E-state index is -0.675. The van der Waals surface area contributed by atoms with Crippen LogP contribution in [0.2, 0.25) is 5.02 Å². The third-order valence-corrected chi connectivity index (χ3v) is 5.06. The molecule has 0 saturated carbocycles. The van der Waals surface area contributed by atoms with E-state index >= 15 is 0 Å². The highest BCUT2D eigenvalue weighted by Crippen LogP contribution is 2.23. The number of aliphatic hydroxyl groups is 1. The standard InChI is InChI=1S/C22H20ClN3O/c23-18-12-10-17(11-13-18)21(27)15-26-20-9-5-4-8-19(20)25(22(26)24)14-16-6-2-1-3-7-16/h1-13,21,24,27H,14-15H2/p+1. The molecule has 1 heterocycles. The van der Waals surface area contributed by atoms with Gasteiger partial charge in [-0.1, -0.05) is 66.2 Å². The highest BCUT2D eigenvalue weighted by Gasteiger charge is 2.23. The summed E-state index contributed by atoms with van der Waals surface area (Å²) < 4.78 is 4.05. The quantitative estimate of drug-likeness (QED) is 0.517. The van der Waals surface area contributed by atoms with Crippen LogP contribution in [0.3, 0.4) is 0 Å². The van der Waals surface area contributed by atoms with E-state index in [1.165, 1.54) is 5.56 Å². The molecule has 0 amide bonds. The van der Waals surface area contributed by atoms with Crippen molar-refractivity contribution in [2.75, 3.05) is 5.73 Å². The second-order valence-corrected chi connectivity index (χ2v) is 7.03. The Morgan fingerprint density at radius 3 is 2.33 bits per heavy atom. The first kappa shape index (κ1) is 17.6. The van der Waals surface area contributed by atoms with Crippen LogP contribution in [0.25, 0.3) is 11.0 Å². The number of imidazole rings is 1. The Bertz CT molecular complexity index is 1060.